The number of nitrogens with one attached hydrogen (secondary N) is 1. The summed E-state index contributed by atoms with van der Waals surface area (Å²) in [5, 5.41) is 2.48. The Labute approximate surface area is 185 Å². The molecule has 3 rings (SSSR count). The number of halogens is 4. The molecule has 0 spiro atoms. The van der Waals surface area contributed by atoms with E-state index in [1.807, 2.05) is 0 Å². The first kappa shape index (κ1) is 23.5. The SMILES string of the molecule is COc1cc(F)ccc1Oc1cc(C(F)(F)F)cc(C)c1C(=O)Nc1ccnc(C(N)=O)c1. The van der Waals surface area contributed by atoms with Gasteiger partial charge < -0.3 is 20.5 Å². The number of carbonyl (C=O) groups excluding carboxylic acids is 2. The van der Waals surface area contributed by atoms with Crippen LogP contribution >= 0.6 is 0 Å². The fraction of sp³-hybridized carbons (Fsp3) is 0.136. The summed E-state index contributed by atoms with van der Waals surface area (Å²) in [6, 6.07) is 7.21. The molecular formula is C22H17F4N3O4. The molecule has 2 aromatic carbocycles. The number of alkyl halides is 3. The van der Waals surface area contributed by atoms with Gasteiger partial charge in [-0.2, -0.15) is 13.2 Å². The Morgan fingerprint density at radius 1 is 1.03 bits per heavy atom. The lowest BCUT2D eigenvalue weighted by atomic mass is 10.0. The van der Waals surface area contributed by atoms with Gasteiger partial charge in [-0.15, -0.1) is 0 Å². The van der Waals surface area contributed by atoms with Crippen LogP contribution in [0.2, 0.25) is 0 Å². The molecule has 2 amide bonds. The zero-order chi connectivity index (χ0) is 24.3. The minimum absolute atomic E-state index is 0.0393. The molecule has 11 heteroatoms. The van der Waals surface area contributed by atoms with E-state index in [4.69, 9.17) is 15.2 Å². The number of rotatable bonds is 6. The predicted octanol–water partition coefficient (Wildman–Crippen LogP) is 4.70. The average Bonchev–Trinajstić information content (AvgIpc) is 2.74. The van der Waals surface area contributed by atoms with Crippen molar-refractivity contribution in [3.63, 3.8) is 0 Å². The summed E-state index contributed by atoms with van der Waals surface area (Å²) in [7, 11) is 1.23. The molecule has 0 aliphatic heterocycles. The maximum Gasteiger partial charge on any atom is 0.416 e. The van der Waals surface area contributed by atoms with Crippen molar-refractivity contribution >= 4 is 17.5 Å². The minimum atomic E-state index is -4.72. The summed E-state index contributed by atoms with van der Waals surface area (Å²) in [6.45, 7) is 1.31. The van der Waals surface area contributed by atoms with Crippen molar-refractivity contribution in [3.05, 3.63) is 76.9 Å². The lowest BCUT2D eigenvalue weighted by Gasteiger charge is -2.18. The fourth-order valence-electron chi connectivity index (χ4n) is 2.97. The zero-order valence-electron chi connectivity index (χ0n) is 17.3. The summed E-state index contributed by atoms with van der Waals surface area (Å²) in [5.74, 6) is -2.93. The Kier molecular flexibility index (Phi) is 6.52. The maximum absolute atomic E-state index is 13.5. The largest absolute Gasteiger partial charge is 0.493 e. The smallest absolute Gasteiger partial charge is 0.416 e. The van der Waals surface area contributed by atoms with Crippen molar-refractivity contribution in [1.82, 2.24) is 4.98 Å². The first-order chi connectivity index (χ1) is 15.5. The van der Waals surface area contributed by atoms with Crippen LogP contribution in [0.1, 0.15) is 32.0 Å². The molecule has 1 aromatic heterocycles. The Bertz CT molecular complexity index is 1230. The van der Waals surface area contributed by atoms with Gasteiger partial charge in [0.25, 0.3) is 11.8 Å². The molecule has 33 heavy (non-hydrogen) atoms. The molecule has 0 unspecified atom stereocenters. The third-order valence-electron chi connectivity index (χ3n) is 4.47. The van der Waals surface area contributed by atoms with Gasteiger partial charge in [0.05, 0.1) is 18.2 Å². The highest BCUT2D eigenvalue weighted by Crippen LogP contribution is 2.39. The first-order valence-electron chi connectivity index (χ1n) is 9.30. The van der Waals surface area contributed by atoms with E-state index in [1.54, 1.807) is 0 Å². The Hall–Kier alpha value is -4.15. The third kappa shape index (κ3) is 5.37. The number of ether oxygens (including phenoxy) is 2. The highest BCUT2D eigenvalue weighted by molar-refractivity contribution is 6.07. The topological polar surface area (TPSA) is 104 Å². The summed E-state index contributed by atoms with van der Waals surface area (Å²) < 4.78 is 64.3. The quantitative estimate of drug-likeness (QED) is 0.516. The zero-order valence-corrected chi connectivity index (χ0v) is 17.3. The van der Waals surface area contributed by atoms with Crippen molar-refractivity contribution in [2.24, 2.45) is 5.73 Å². The molecule has 0 aliphatic rings. The van der Waals surface area contributed by atoms with Gasteiger partial charge >= 0.3 is 6.18 Å². The number of pyridine rings is 1. The number of nitrogens with two attached hydrogens (primary N) is 1. The highest BCUT2D eigenvalue weighted by atomic mass is 19.4. The van der Waals surface area contributed by atoms with E-state index in [1.165, 1.54) is 32.4 Å². The molecule has 0 saturated heterocycles. The molecular weight excluding hydrogens is 446 g/mol. The van der Waals surface area contributed by atoms with Gasteiger partial charge in [-0.3, -0.25) is 14.6 Å². The van der Waals surface area contributed by atoms with Crippen molar-refractivity contribution in [3.8, 4) is 17.2 Å². The number of anilines is 1. The predicted molar refractivity (Wildman–Crippen MR) is 110 cm³/mol. The molecule has 0 radical (unpaired) electrons. The van der Waals surface area contributed by atoms with E-state index < -0.39 is 35.1 Å². The summed E-state index contributed by atoms with van der Waals surface area (Å²) in [6.07, 6.45) is -3.48. The monoisotopic (exact) mass is 463 g/mol. The van der Waals surface area contributed by atoms with Crippen LogP contribution in [0.25, 0.3) is 0 Å². The summed E-state index contributed by atoms with van der Waals surface area (Å²) in [5.41, 5.74) is 3.88. The molecule has 3 N–H and O–H groups in total. The van der Waals surface area contributed by atoms with Crippen LogP contribution in [0, 0.1) is 12.7 Å². The molecule has 0 aliphatic carbocycles. The fourth-order valence-corrected chi connectivity index (χ4v) is 2.97. The van der Waals surface area contributed by atoms with Crippen molar-refractivity contribution in [1.29, 1.82) is 0 Å². The molecule has 7 nitrogen and oxygen atoms in total. The summed E-state index contributed by atoms with van der Waals surface area (Å²) in [4.78, 5) is 28.1. The van der Waals surface area contributed by atoms with Gasteiger partial charge in [0.1, 0.15) is 17.3 Å². The van der Waals surface area contributed by atoms with Gasteiger partial charge in [0.2, 0.25) is 0 Å². The first-order valence-corrected chi connectivity index (χ1v) is 9.30. The molecule has 1 heterocycles. The number of aryl methyl sites for hydroxylation is 1. The Morgan fingerprint density at radius 3 is 2.39 bits per heavy atom. The van der Waals surface area contributed by atoms with E-state index >= 15 is 0 Å². The number of aromatic nitrogens is 1. The Balaban J connectivity index is 2.07. The van der Waals surface area contributed by atoms with E-state index in [0.29, 0.717) is 6.07 Å². The second kappa shape index (κ2) is 9.15. The number of hydrogen-bond acceptors (Lipinski definition) is 5. The average molecular weight is 463 g/mol. The van der Waals surface area contributed by atoms with Crippen LogP contribution in [0.15, 0.2) is 48.7 Å². The van der Waals surface area contributed by atoms with Gasteiger partial charge in [0, 0.05) is 18.0 Å². The van der Waals surface area contributed by atoms with Gasteiger partial charge in [0.15, 0.2) is 11.5 Å². The van der Waals surface area contributed by atoms with Crippen LogP contribution in [-0.2, 0) is 6.18 Å². The second-order valence-corrected chi connectivity index (χ2v) is 6.81. The standard InChI is InChI=1S/C22H17F4N3O4/c1-11-7-12(22(24,25)26)8-18(33-16-4-3-13(23)9-17(16)32-2)19(11)21(31)29-14-5-6-28-15(10-14)20(27)30/h3-10H,1-2H3,(H2,27,30)(H,28,29,31). The van der Waals surface area contributed by atoms with Gasteiger partial charge in [-0.1, -0.05) is 0 Å². The van der Waals surface area contributed by atoms with Crippen LogP contribution in [-0.4, -0.2) is 23.9 Å². The normalized spacial score (nSPS) is 11.1. The van der Waals surface area contributed by atoms with E-state index in [0.717, 1.165) is 24.3 Å². The van der Waals surface area contributed by atoms with Crippen molar-refractivity contribution in [2.75, 3.05) is 12.4 Å². The lowest BCUT2D eigenvalue weighted by Crippen LogP contribution is -2.18. The molecule has 3 aromatic rings. The second-order valence-electron chi connectivity index (χ2n) is 6.81. The number of amides is 2. The number of hydrogen-bond donors (Lipinski definition) is 2. The van der Waals surface area contributed by atoms with E-state index in [-0.39, 0.29) is 34.0 Å². The summed E-state index contributed by atoms with van der Waals surface area (Å²) >= 11 is 0. The van der Waals surface area contributed by atoms with E-state index in [9.17, 15) is 27.2 Å². The number of benzene rings is 2. The molecule has 172 valence electrons. The van der Waals surface area contributed by atoms with Crippen molar-refractivity contribution < 1.29 is 36.6 Å². The van der Waals surface area contributed by atoms with Crippen LogP contribution in [0.3, 0.4) is 0 Å². The minimum Gasteiger partial charge on any atom is -0.493 e. The number of carbonyl (C=O) groups is 2. The molecule has 0 atom stereocenters. The van der Waals surface area contributed by atoms with Crippen LogP contribution in [0.5, 0.6) is 17.2 Å². The lowest BCUT2D eigenvalue weighted by molar-refractivity contribution is -0.137. The number of nitrogens with zero attached hydrogens (tertiary/aromatic N) is 1. The number of primary amides is 1. The maximum atomic E-state index is 13.5. The molecule has 0 saturated carbocycles. The highest BCUT2D eigenvalue weighted by Gasteiger charge is 2.33. The molecule has 0 bridgehead atoms. The molecule has 0 fully saturated rings. The van der Waals surface area contributed by atoms with Crippen LogP contribution in [0.4, 0.5) is 23.2 Å². The van der Waals surface area contributed by atoms with Crippen LogP contribution < -0.4 is 20.5 Å². The Morgan fingerprint density at radius 2 is 1.76 bits per heavy atom. The van der Waals surface area contributed by atoms with Gasteiger partial charge in [-0.25, -0.2) is 4.39 Å². The third-order valence-corrected chi connectivity index (χ3v) is 4.47. The van der Waals surface area contributed by atoms with Gasteiger partial charge in [-0.05, 0) is 48.9 Å². The van der Waals surface area contributed by atoms with E-state index in [2.05, 4.69) is 10.3 Å². The van der Waals surface area contributed by atoms with Crippen molar-refractivity contribution in [2.45, 2.75) is 13.1 Å². The number of methoxy groups -OCH3 is 1.